The molecule has 1 aliphatic rings. The first kappa shape index (κ1) is 21.9. The van der Waals surface area contributed by atoms with Gasteiger partial charge < -0.3 is 15.0 Å². The van der Waals surface area contributed by atoms with Crippen LogP contribution >= 0.6 is 23.1 Å². The van der Waals surface area contributed by atoms with Crippen LogP contribution in [0.4, 0.5) is 5.69 Å². The quantitative estimate of drug-likeness (QED) is 0.520. The predicted octanol–water partition coefficient (Wildman–Crippen LogP) is 3.40. The molecule has 7 nitrogen and oxygen atoms in total. The molecule has 0 bridgehead atoms. The zero-order valence-electron chi connectivity index (χ0n) is 16.2. The zero-order chi connectivity index (χ0) is 21.3. The van der Waals surface area contributed by atoms with E-state index in [-0.39, 0.29) is 24.2 Å². The van der Waals surface area contributed by atoms with E-state index >= 15 is 0 Å². The summed E-state index contributed by atoms with van der Waals surface area (Å²) in [6, 6.07) is 12.8. The van der Waals surface area contributed by atoms with Crippen molar-refractivity contribution < 1.29 is 19.1 Å². The molecule has 0 saturated carbocycles. The maximum absolute atomic E-state index is 12.4. The molecular weight excluding hydrogens is 422 g/mol. The number of carbonyl (C=O) groups excluding carboxylic acids is 3. The van der Waals surface area contributed by atoms with Crippen molar-refractivity contribution in [2.24, 2.45) is 5.92 Å². The van der Waals surface area contributed by atoms with Gasteiger partial charge in [0.2, 0.25) is 0 Å². The van der Waals surface area contributed by atoms with E-state index in [9.17, 15) is 14.4 Å². The highest BCUT2D eigenvalue weighted by Gasteiger charge is 2.29. The average molecular weight is 444 g/mol. The lowest BCUT2D eigenvalue weighted by atomic mass is 9.97. The number of esters is 1. The molecular formula is C21H21N3O4S2. The monoisotopic (exact) mass is 443 g/mol. The standard InChI is InChI=1S/C21H21N3O4S2/c22-9-13-30-17-5-2-1-4-16(17)23-19(25)14-28-21(27)15-7-10-24(11-8-15)20(26)18-6-3-12-29-18/h1-6,12,15H,7-8,10-11,13-14H2,(H,23,25). The van der Waals surface area contributed by atoms with Crippen molar-refractivity contribution in [2.45, 2.75) is 17.7 Å². The molecule has 0 unspecified atom stereocenters. The van der Waals surface area contributed by atoms with Gasteiger partial charge in [0.05, 0.1) is 28.3 Å². The largest absolute Gasteiger partial charge is 0.455 e. The van der Waals surface area contributed by atoms with Crippen molar-refractivity contribution in [1.82, 2.24) is 4.90 Å². The third-order valence-corrected chi connectivity index (χ3v) is 6.44. The molecule has 1 saturated heterocycles. The highest BCUT2D eigenvalue weighted by atomic mass is 32.2. The van der Waals surface area contributed by atoms with Crippen LogP contribution < -0.4 is 5.32 Å². The van der Waals surface area contributed by atoms with E-state index in [0.29, 0.717) is 36.5 Å². The van der Waals surface area contributed by atoms with Crippen LogP contribution in [0.5, 0.6) is 0 Å². The van der Waals surface area contributed by atoms with Gasteiger partial charge in [0, 0.05) is 18.0 Å². The maximum Gasteiger partial charge on any atom is 0.309 e. The Morgan fingerprint density at radius 1 is 1.20 bits per heavy atom. The number of ether oxygens (including phenoxy) is 1. The number of nitrogens with one attached hydrogen (secondary N) is 1. The van der Waals surface area contributed by atoms with Crippen LogP contribution in [0.1, 0.15) is 22.5 Å². The number of nitrogens with zero attached hydrogens (tertiary/aromatic N) is 2. The van der Waals surface area contributed by atoms with E-state index in [1.54, 1.807) is 23.1 Å². The fourth-order valence-electron chi connectivity index (χ4n) is 3.12. The lowest BCUT2D eigenvalue weighted by Gasteiger charge is -2.30. The minimum absolute atomic E-state index is 0.0101. The van der Waals surface area contributed by atoms with Crippen LogP contribution in [0.15, 0.2) is 46.7 Å². The number of benzene rings is 1. The Bertz CT molecular complexity index is 932. The summed E-state index contributed by atoms with van der Waals surface area (Å²) in [5.74, 6) is -0.901. The van der Waals surface area contributed by atoms with Crippen LogP contribution in [0.3, 0.4) is 0 Å². The SMILES string of the molecule is N#CCSc1ccccc1NC(=O)COC(=O)C1CCN(C(=O)c2cccs2)CC1. The number of para-hydroxylation sites is 1. The van der Waals surface area contributed by atoms with Gasteiger partial charge in [-0.25, -0.2) is 0 Å². The van der Waals surface area contributed by atoms with Gasteiger partial charge in [-0.15, -0.1) is 23.1 Å². The van der Waals surface area contributed by atoms with Crippen molar-refractivity contribution in [3.8, 4) is 6.07 Å². The minimum atomic E-state index is -0.432. The van der Waals surface area contributed by atoms with Crippen LogP contribution in [0.25, 0.3) is 0 Å². The van der Waals surface area contributed by atoms with Gasteiger partial charge in [-0.1, -0.05) is 18.2 Å². The number of carbonyl (C=O) groups is 3. The first-order chi connectivity index (χ1) is 14.6. The number of hydrogen-bond donors (Lipinski definition) is 1. The number of hydrogen-bond acceptors (Lipinski definition) is 7. The third kappa shape index (κ3) is 5.84. The molecule has 0 aliphatic carbocycles. The summed E-state index contributed by atoms with van der Waals surface area (Å²) in [4.78, 5) is 40.1. The van der Waals surface area contributed by atoms with Crippen LogP contribution in [0.2, 0.25) is 0 Å². The Balaban J connectivity index is 1.43. The molecule has 30 heavy (non-hydrogen) atoms. The highest BCUT2D eigenvalue weighted by Crippen LogP contribution is 2.26. The minimum Gasteiger partial charge on any atom is -0.455 e. The molecule has 0 spiro atoms. The molecule has 0 atom stereocenters. The van der Waals surface area contributed by atoms with Crippen molar-refractivity contribution in [3.63, 3.8) is 0 Å². The van der Waals surface area contributed by atoms with E-state index in [2.05, 4.69) is 5.32 Å². The third-order valence-electron chi connectivity index (χ3n) is 4.65. The second kappa shape index (κ2) is 10.8. The summed E-state index contributed by atoms with van der Waals surface area (Å²) in [5, 5.41) is 13.3. The Morgan fingerprint density at radius 2 is 1.97 bits per heavy atom. The highest BCUT2D eigenvalue weighted by molar-refractivity contribution is 7.99. The normalized spacial score (nSPS) is 14.0. The Labute approximate surface area is 183 Å². The fraction of sp³-hybridized carbons (Fsp3) is 0.333. The summed E-state index contributed by atoms with van der Waals surface area (Å²) in [7, 11) is 0. The lowest BCUT2D eigenvalue weighted by molar-refractivity contribution is -0.152. The van der Waals surface area contributed by atoms with Crippen molar-refractivity contribution in [3.05, 3.63) is 46.7 Å². The van der Waals surface area contributed by atoms with Crippen LogP contribution in [-0.4, -0.2) is 48.1 Å². The van der Waals surface area contributed by atoms with Crippen molar-refractivity contribution in [2.75, 3.05) is 30.8 Å². The molecule has 1 aliphatic heterocycles. The second-order valence-electron chi connectivity index (χ2n) is 6.64. The number of amides is 2. The van der Waals surface area contributed by atoms with Crippen molar-refractivity contribution >= 4 is 46.6 Å². The molecule has 1 aromatic carbocycles. The Morgan fingerprint density at radius 3 is 2.67 bits per heavy atom. The number of thioether (sulfide) groups is 1. The molecule has 1 aromatic heterocycles. The molecule has 156 valence electrons. The van der Waals surface area contributed by atoms with E-state index in [0.717, 1.165) is 4.90 Å². The van der Waals surface area contributed by atoms with E-state index in [4.69, 9.17) is 10.00 Å². The zero-order valence-corrected chi connectivity index (χ0v) is 17.8. The number of likely N-dealkylation sites (tertiary alicyclic amines) is 1. The lowest BCUT2D eigenvalue weighted by Crippen LogP contribution is -2.40. The van der Waals surface area contributed by atoms with Crippen LogP contribution in [-0.2, 0) is 14.3 Å². The van der Waals surface area contributed by atoms with Crippen LogP contribution in [0, 0.1) is 17.2 Å². The molecule has 2 aromatic rings. The summed E-state index contributed by atoms with van der Waals surface area (Å²) < 4.78 is 5.19. The average Bonchev–Trinajstić information content (AvgIpc) is 3.31. The summed E-state index contributed by atoms with van der Waals surface area (Å²) in [5.41, 5.74) is 0.583. The topological polar surface area (TPSA) is 99.5 Å². The fourth-order valence-corrected chi connectivity index (χ4v) is 4.48. The molecule has 9 heteroatoms. The number of piperidine rings is 1. The second-order valence-corrected chi connectivity index (χ2v) is 8.61. The molecule has 0 radical (unpaired) electrons. The molecule has 2 amide bonds. The van der Waals surface area contributed by atoms with Gasteiger partial charge in [-0.3, -0.25) is 14.4 Å². The van der Waals surface area contributed by atoms with Gasteiger partial charge >= 0.3 is 5.97 Å². The van der Waals surface area contributed by atoms with Crippen molar-refractivity contribution in [1.29, 1.82) is 5.26 Å². The van der Waals surface area contributed by atoms with Gasteiger partial charge in [-0.05, 0) is 36.4 Å². The number of anilines is 1. The van der Waals surface area contributed by atoms with Gasteiger partial charge in [-0.2, -0.15) is 5.26 Å². The van der Waals surface area contributed by atoms with E-state index in [1.165, 1.54) is 23.1 Å². The summed E-state index contributed by atoms with van der Waals surface area (Å²) in [6.45, 7) is 0.614. The smallest absolute Gasteiger partial charge is 0.309 e. The predicted molar refractivity (Wildman–Crippen MR) is 115 cm³/mol. The summed E-state index contributed by atoms with van der Waals surface area (Å²) in [6.07, 6.45) is 1.04. The van der Waals surface area contributed by atoms with Gasteiger partial charge in [0.25, 0.3) is 11.8 Å². The molecule has 3 rings (SSSR count). The first-order valence-electron chi connectivity index (χ1n) is 9.46. The molecule has 2 heterocycles. The molecule has 1 fully saturated rings. The van der Waals surface area contributed by atoms with Gasteiger partial charge in [0.15, 0.2) is 6.61 Å². The summed E-state index contributed by atoms with van der Waals surface area (Å²) >= 11 is 2.73. The number of nitriles is 1. The number of rotatable bonds is 7. The van der Waals surface area contributed by atoms with Gasteiger partial charge in [0.1, 0.15) is 0 Å². The maximum atomic E-state index is 12.4. The van der Waals surface area contributed by atoms with E-state index in [1.807, 2.05) is 29.6 Å². The first-order valence-corrected chi connectivity index (χ1v) is 11.3. The van der Waals surface area contributed by atoms with E-state index < -0.39 is 11.9 Å². The molecule has 1 N–H and O–H groups in total. The Kier molecular flexibility index (Phi) is 7.88. The number of thiophene rings is 1. The Hall–Kier alpha value is -2.83.